The Morgan fingerprint density at radius 3 is 2.79 bits per heavy atom. The first-order valence-corrected chi connectivity index (χ1v) is 7.06. The summed E-state index contributed by atoms with van der Waals surface area (Å²) >= 11 is 0. The molecule has 0 unspecified atom stereocenters. The summed E-state index contributed by atoms with van der Waals surface area (Å²) in [5.74, 6) is 2.62. The lowest BCUT2D eigenvalue weighted by Crippen LogP contribution is -2.15. The Balaban J connectivity index is 2.11. The summed E-state index contributed by atoms with van der Waals surface area (Å²) in [6, 6.07) is 6.10. The Kier molecular flexibility index (Phi) is 3.01. The molecule has 4 heteroatoms. The highest BCUT2D eigenvalue weighted by atomic mass is 15.3. The van der Waals surface area contributed by atoms with Crippen LogP contribution in [0.15, 0.2) is 18.2 Å². The molecule has 0 fully saturated rings. The third kappa shape index (κ3) is 1.91. The van der Waals surface area contributed by atoms with Crippen molar-refractivity contribution >= 4 is 5.69 Å². The van der Waals surface area contributed by atoms with E-state index in [0.29, 0.717) is 5.92 Å². The van der Waals surface area contributed by atoms with Crippen LogP contribution in [0.1, 0.15) is 44.0 Å². The fraction of sp³-hybridized carbons (Fsp3) is 0.467. The molecule has 2 aromatic rings. The van der Waals surface area contributed by atoms with Crippen LogP contribution < -0.4 is 5.73 Å². The van der Waals surface area contributed by atoms with Gasteiger partial charge in [-0.05, 0) is 37.0 Å². The molecule has 0 amide bonds. The molecule has 19 heavy (non-hydrogen) atoms. The van der Waals surface area contributed by atoms with Gasteiger partial charge in [-0.15, -0.1) is 10.2 Å². The average Bonchev–Trinajstić information content (AvgIpc) is 2.85. The van der Waals surface area contributed by atoms with Crippen LogP contribution in [0.2, 0.25) is 0 Å². The summed E-state index contributed by atoms with van der Waals surface area (Å²) in [5, 5.41) is 8.85. The Bertz CT molecular complexity index is 596. The van der Waals surface area contributed by atoms with Gasteiger partial charge in [0, 0.05) is 23.7 Å². The van der Waals surface area contributed by atoms with Gasteiger partial charge < -0.3 is 10.3 Å². The monoisotopic (exact) mass is 256 g/mol. The molecule has 0 saturated carbocycles. The van der Waals surface area contributed by atoms with E-state index in [1.165, 1.54) is 5.56 Å². The van der Waals surface area contributed by atoms with Crippen LogP contribution in [0.4, 0.5) is 5.69 Å². The molecule has 2 heterocycles. The summed E-state index contributed by atoms with van der Waals surface area (Å²) in [6.45, 7) is 5.40. The van der Waals surface area contributed by atoms with E-state index in [-0.39, 0.29) is 0 Å². The zero-order valence-electron chi connectivity index (χ0n) is 11.6. The molecule has 0 radical (unpaired) electrons. The minimum Gasteiger partial charge on any atom is -0.399 e. The first-order chi connectivity index (χ1) is 9.24. The number of hydrogen-bond acceptors (Lipinski definition) is 3. The molecule has 4 nitrogen and oxygen atoms in total. The third-order valence-electron chi connectivity index (χ3n) is 4.11. The molecule has 2 N–H and O–H groups in total. The van der Waals surface area contributed by atoms with Gasteiger partial charge in [0.1, 0.15) is 5.82 Å². The predicted molar refractivity (Wildman–Crippen MR) is 76.9 cm³/mol. The number of rotatable bonds is 3. The normalized spacial score (nSPS) is 13.4. The van der Waals surface area contributed by atoms with E-state index < -0.39 is 0 Å². The van der Waals surface area contributed by atoms with Crippen molar-refractivity contribution in [3.8, 4) is 11.4 Å². The molecular formula is C15H20N4. The molecule has 0 atom stereocenters. The van der Waals surface area contributed by atoms with Crippen molar-refractivity contribution in [3.05, 3.63) is 29.6 Å². The largest absolute Gasteiger partial charge is 0.399 e. The lowest BCUT2D eigenvalue weighted by atomic mass is 9.98. The zero-order valence-corrected chi connectivity index (χ0v) is 11.6. The second kappa shape index (κ2) is 4.68. The first-order valence-electron chi connectivity index (χ1n) is 7.06. The third-order valence-corrected chi connectivity index (χ3v) is 4.11. The summed E-state index contributed by atoms with van der Waals surface area (Å²) < 4.78 is 2.28. The van der Waals surface area contributed by atoms with Crippen LogP contribution in [0.3, 0.4) is 0 Å². The molecular weight excluding hydrogens is 236 g/mol. The molecule has 0 spiro atoms. The molecule has 1 aliphatic heterocycles. The Morgan fingerprint density at radius 2 is 2.05 bits per heavy atom. The average molecular weight is 256 g/mol. The number of benzene rings is 1. The minimum atomic E-state index is 0.504. The van der Waals surface area contributed by atoms with Crippen molar-refractivity contribution in [3.63, 3.8) is 0 Å². The highest BCUT2D eigenvalue weighted by Gasteiger charge is 2.24. The first kappa shape index (κ1) is 12.2. The Morgan fingerprint density at radius 1 is 1.26 bits per heavy atom. The van der Waals surface area contributed by atoms with Gasteiger partial charge in [0.05, 0.1) is 0 Å². The fourth-order valence-electron chi connectivity index (χ4n) is 2.94. The number of anilines is 1. The van der Waals surface area contributed by atoms with Crippen molar-refractivity contribution < 1.29 is 0 Å². The van der Waals surface area contributed by atoms with Crippen LogP contribution in [0, 0.1) is 0 Å². The van der Waals surface area contributed by atoms with E-state index in [4.69, 9.17) is 5.73 Å². The van der Waals surface area contributed by atoms with Crippen LogP contribution in [0.5, 0.6) is 0 Å². The fourth-order valence-corrected chi connectivity index (χ4v) is 2.94. The maximum atomic E-state index is 5.90. The summed E-state index contributed by atoms with van der Waals surface area (Å²) in [6.07, 6.45) is 3.25. The zero-order chi connectivity index (χ0) is 13.4. The van der Waals surface area contributed by atoms with Gasteiger partial charge in [0.25, 0.3) is 0 Å². The maximum absolute atomic E-state index is 5.90. The molecule has 100 valence electrons. The SMILES string of the molecule is CCC(CC)c1nnc2n1CCc1ccc(N)cc1-2. The molecule has 1 aliphatic rings. The number of nitrogen functional groups attached to an aromatic ring is 1. The van der Waals surface area contributed by atoms with Gasteiger partial charge in [0.2, 0.25) is 0 Å². The van der Waals surface area contributed by atoms with Crippen molar-refractivity contribution in [2.24, 2.45) is 0 Å². The number of aromatic nitrogens is 3. The number of hydrogen-bond donors (Lipinski definition) is 1. The van der Waals surface area contributed by atoms with Crippen molar-refractivity contribution in [2.75, 3.05) is 5.73 Å². The van der Waals surface area contributed by atoms with Gasteiger partial charge in [-0.3, -0.25) is 0 Å². The van der Waals surface area contributed by atoms with E-state index >= 15 is 0 Å². The maximum Gasteiger partial charge on any atom is 0.164 e. The lowest BCUT2D eigenvalue weighted by molar-refractivity contribution is 0.543. The Labute approximate surface area is 113 Å². The van der Waals surface area contributed by atoms with E-state index in [1.54, 1.807) is 0 Å². The van der Waals surface area contributed by atoms with Gasteiger partial charge >= 0.3 is 0 Å². The molecule has 1 aromatic carbocycles. The Hall–Kier alpha value is -1.84. The predicted octanol–water partition coefficient (Wildman–Crippen LogP) is 2.99. The van der Waals surface area contributed by atoms with E-state index in [2.05, 4.69) is 34.7 Å². The van der Waals surface area contributed by atoms with Gasteiger partial charge in [0.15, 0.2) is 5.82 Å². The lowest BCUT2D eigenvalue weighted by Gasteiger charge is -2.21. The van der Waals surface area contributed by atoms with E-state index in [9.17, 15) is 0 Å². The van der Waals surface area contributed by atoms with Crippen LogP contribution >= 0.6 is 0 Å². The molecule has 0 aliphatic carbocycles. The van der Waals surface area contributed by atoms with Crippen molar-refractivity contribution in [2.45, 2.75) is 45.6 Å². The van der Waals surface area contributed by atoms with Crippen LogP contribution in [-0.4, -0.2) is 14.8 Å². The van der Waals surface area contributed by atoms with E-state index in [1.807, 2.05) is 12.1 Å². The van der Waals surface area contributed by atoms with Crippen molar-refractivity contribution in [1.82, 2.24) is 14.8 Å². The molecule has 3 rings (SSSR count). The van der Waals surface area contributed by atoms with Gasteiger partial charge in [-0.25, -0.2) is 0 Å². The molecule has 1 aromatic heterocycles. The number of nitrogens with two attached hydrogens (primary N) is 1. The molecule has 0 bridgehead atoms. The highest BCUT2D eigenvalue weighted by Crippen LogP contribution is 2.33. The topological polar surface area (TPSA) is 56.7 Å². The summed E-state index contributed by atoms with van der Waals surface area (Å²) in [5.41, 5.74) is 9.16. The van der Waals surface area contributed by atoms with Crippen LogP contribution in [0.25, 0.3) is 11.4 Å². The highest BCUT2D eigenvalue weighted by molar-refractivity contribution is 5.67. The smallest absolute Gasteiger partial charge is 0.164 e. The molecule has 0 saturated heterocycles. The van der Waals surface area contributed by atoms with Gasteiger partial charge in [-0.1, -0.05) is 19.9 Å². The summed E-state index contributed by atoms with van der Waals surface area (Å²) in [4.78, 5) is 0. The van der Waals surface area contributed by atoms with Crippen LogP contribution in [-0.2, 0) is 13.0 Å². The second-order valence-corrected chi connectivity index (χ2v) is 5.21. The minimum absolute atomic E-state index is 0.504. The second-order valence-electron chi connectivity index (χ2n) is 5.21. The van der Waals surface area contributed by atoms with Crippen molar-refractivity contribution in [1.29, 1.82) is 0 Å². The number of nitrogens with zero attached hydrogens (tertiary/aromatic N) is 3. The number of aryl methyl sites for hydroxylation is 1. The number of fused-ring (bicyclic) bond motifs is 3. The quantitative estimate of drug-likeness (QED) is 0.859. The standard InChI is InChI=1S/C15H20N4/c1-3-10(4-2)14-17-18-15-13-9-12(16)6-5-11(13)7-8-19(14)15/h5-6,9-10H,3-4,7-8,16H2,1-2H3. The van der Waals surface area contributed by atoms with E-state index in [0.717, 1.165) is 48.7 Å². The summed E-state index contributed by atoms with van der Waals surface area (Å²) in [7, 11) is 0. The van der Waals surface area contributed by atoms with Gasteiger partial charge in [-0.2, -0.15) is 0 Å².